The molecule has 13 heavy (non-hydrogen) atoms. The summed E-state index contributed by atoms with van der Waals surface area (Å²) in [5, 5.41) is 8.25. The van der Waals surface area contributed by atoms with Crippen LogP contribution >= 0.6 is 0 Å². The molecule has 64 valence electrons. The van der Waals surface area contributed by atoms with E-state index in [1.165, 1.54) is 0 Å². The van der Waals surface area contributed by atoms with E-state index >= 15 is 0 Å². The van der Waals surface area contributed by atoms with Crippen LogP contribution in [0.2, 0.25) is 0 Å². The number of rotatable bonds is 1. The lowest BCUT2D eigenvalue weighted by atomic mass is 10.1. The third kappa shape index (κ3) is 2.25. The monoisotopic (exact) mass is 171 g/mol. The van der Waals surface area contributed by atoms with Crippen LogP contribution in [0.15, 0.2) is 18.2 Å². The summed E-state index contributed by atoms with van der Waals surface area (Å²) in [7, 11) is 1.63. The van der Waals surface area contributed by atoms with Gasteiger partial charge in [-0.3, -0.25) is 0 Å². The van der Waals surface area contributed by atoms with E-state index in [1.54, 1.807) is 13.2 Å². The molecule has 1 rings (SSSR count). The summed E-state index contributed by atoms with van der Waals surface area (Å²) in [6, 6.07) is 7.34. The zero-order valence-electron chi connectivity index (χ0n) is 7.59. The summed E-state index contributed by atoms with van der Waals surface area (Å²) in [4.78, 5) is 0. The van der Waals surface area contributed by atoms with E-state index in [1.807, 2.05) is 25.1 Å². The van der Waals surface area contributed by atoms with Crippen molar-refractivity contribution >= 4 is 0 Å². The molecule has 2 nitrogen and oxygen atoms in total. The Morgan fingerprint density at radius 1 is 1.38 bits per heavy atom. The number of aryl methyl sites for hydroxylation is 1. The quantitative estimate of drug-likeness (QED) is 0.604. The second-order valence-electron chi connectivity index (χ2n) is 2.55. The van der Waals surface area contributed by atoms with Gasteiger partial charge in [-0.2, -0.15) is 5.26 Å². The molecular formula is C11H9NO. The van der Waals surface area contributed by atoms with Gasteiger partial charge in [-0.15, -0.1) is 0 Å². The number of benzene rings is 1. The van der Waals surface area contributed by atoms with Gasteiger partial charge >= 0.3 is 0 Å². The van der Waals surface area contributed by atoms with Gasteiger partial charge in [-0.25, -0.2) is 0 Å². The summed E-state index contributed by atoms with van der Waals surface area (Å²) in [6.45, 7) is 1.94. The van der Waals surface area contributed by atoms with E-state index in [-0.39, 0.29) is 0 Å². The third-order valence-electron chi connectivity index (χ3n) is 1.66. The molecule has 0 radical (unpaired) electrons. The summed E-state index contributed by atoms with van der Waals surface area (Å²) < 4.78 is 5.09. The van der Waals surface area contributed by atoms with E-state index in [9.17, 15) is 0 Å². The third-order valence-corrected chi connectivity index (χ3v) is 1.66. The fourth-order valence-corrected chi connectivity index (χ4v) is 1.06. The molecule has 0 fully saturated rings. The minimum Gasteiger partial charge on any atom is -0.496 e. The Balaban J connectivity index is 3.04. The minimum absolute atomic E-state index is 0.833. The lowest BCUT2D eigenvalue weighted by Gasteiger charge is -2.03. The highest BCUT2D eigenvalue weighted by atomic mass is 16.5. The van der Waals surface area contributed by atoms with Gasteiger partial charge in [-0.1, -0.05) is 5.92 Å². The van der Waals surface area contributed by atoms with Crippen molar-refractivity contribution in [3.63, 3.8) is 0 Å². The predicted octanol–water partition coefficient (Wildman–Crippen LogP) is 1.88. The molecule has 0 spiro atoms. The first-order chi connectivity index (χ1) is 6.27. The molecule has 0 saturated carbocycles. The summed E-state index contributed by atoms with van der Waals surface area (Å²) in [5.74, 6) is 5.90. The highest BCUT2D eigenvalue weighted by Crippen LogP contribution is 2.17. The average Bonchev–Trinajstić information content (AvgIpc) is 2.15. The van der Waals surface area contributed by atoms with Crippen LogP contribution < -0.4 is 4.74 Å². The summed E-state index contributed by atoms with van der Waals surface area (Å²) >= 11 is 0. The van der Waals surface area contributed by atoms with Crippen LogP contribution in [0.4, 0.5) is 0 Å². The van der Waals surface area contributed by atoms with Gasteiger partial charge in [0.15, 0.2) is 6.07 Å². The van der Waals surface area contributed by atoms with Gasteiger partial charge in [0.25, 0.3) is 0 Å². The minimum atomic E-state index is 0.833. The molecule has 0 aliphatic carbocycles. The van der Waals surface area contributed by atoms with Crippen molar-refractivity contribution in [3.05, 3.63) is 29.3 Å². The van der Waals surface area contributed by atoms with Gasteiger partial charge in [0, 0.05) is 11.5 Å². The smallest absolute Gasteiger partial charge is 0.152 e. The number of nitrogens with zero attached hydrogens (tertiary/aromatic N) is 1. The highest BCUT2D eigenvalue weighted by molar-refractivity contribution is 5.44. The summed E-state index contributed by atoms with van der Waals surface area (Å²) in [6.07, 6.45) is 0. The maximum atomic E-state index is 8.25. The molecule has 0 aromatic heterocycles. The van der Waals surface area contributed by atoms with Crippen LogP contribution in [0.3, 0.4) is 0 Å². The molecule has 0 saturated heterocycles. The Labute approximate surface area is 77.8 Å². The molecule has 1 aromatic rings. The van der Waals surface area contributed by atoms with Crippen molar-refractivity contribution in [2.24, 2.45) is 0 Å². The van der Waals surface area contributed by atoms with Crippen molar-refractivity contribution in [2.75, 3.05) is 7.11 Å². The lowest BCUT2D eigenvalue weighted by Crippen LogP contribution is -1.87. The number of methoxy groups -OCH3 is 1. The van der Waals surface area contributed by atoms with Crippen LogP contribution in [0.5, 0.6) is 5.75 Å². The molecule has 0 aliphatic rings. The zero-order chi connectivity index (χ0) is 9.68. The van der Waals surface area contributed by atoms with Crippen LogP contribution in [0.1, 0.15) is 11.1 Å². The normalized spacial score (nSPS) is 8.08. The first kappa shape index (κ1) is 9.16. The molecule has 2 heteroatoms. The number of hydrogen-bond donors (Lipinski definition) is 0. The maximum Gasteiger partial charge on any atom is 0.152 e. The van der Waals surface area contributed by atoms with E-state index in [2.05, 4.69) is 11.8 Å². The molecule has 0 atom stereocenters. The first-order valence-corrected chi connectivity index (χ1v) is 3.82. The van der Waals surface area contributed by atoms with Gasteiger partial charge in [0.2, 0.25) is 0 Å². The molecule has 0 N–H and O–H groups in total. The molecule has 0 aliphatic heterocycles. The average molecular weight is 171 g/mol. The Morgan fingerprint density at radius 2 is 2.15 bits per heavy atom. The van der Waals surface area contributed by atoms with Crippen molar-refractivity contribution in [1.29, 1.82) is 5.26 Å². The summed E-state index contributed by atoms with van der Waals surface area (Å²) in [5.41, 5.74) is 1.85. The second kappa shape index (κ2) is 4.18. The Hall–Kier alpha value is -1.93. The largest absolute Gasteiger partial charge is 0.496 e. The second-order valence-corrected chi connectivity index (χ2v) is 2.55. The van der Waals surface area contributed by atoms with Gasteiger partial charge in [0.05, 0.1) is 7.11 Å². The van der Waals surface area contributed by atoms with E-state index in [0.29, 0.717) is 0 Å². The fraction of sp³-hybridized carbons (Fsp3) is 0.182. The van der Waals surface area contributed by atoms with Crippen molar-refractivity contribution in [2.45, 2.75) is 6.92 Å². The van der Waals surface area contributed by atoms with Crippen LogP contribution in [0, 0.1) is 30.1 Å². The van der Waals surface area contributed by atoms with Crippen molar-refractivity contribution in [3.8, 4) is 23.7 Å². The first-order valence-electron chi connectivity index (χ1n) is 3.82. The maximum absolute atomic E-state index is 8.25. The molecule has 1 aromatic carbocycles. The topological polar surface area (TPSA) is 33.0 Å². The molecule has 0 amide bonds. The highest BCUT2D eigenvalue weighted by Gasteiger charge is 1.96. The molecule has 0 bridgehead atoms. The van der Waals surface area contributed by atoms with Gasteiger partial charge in [-0.05, 0) is 30.7 Å². The van der Waals surface area contributed by atoms with Crippen LogP contribution in [-0.4, -0.2) is 7.11 Å². The predicted molar refractivity (Wildman–Crippen MR) is 50.2 cm³/mol. The van der Waals surface area contributed by atoms with Gasteiger partial charge < -0.3 is 4.74 Å². The van der Waals surface area contributed by atoms with E-state index in [4.69, 9.17) is 10.00 Å². The number of nitriles is 1. The molecular weight excluding hydrogens is 162 g/mol. The van der Waals surface area contributed by atoms with Gasteiger partial charge in [0.1, 0.15) is 5.75 Å². The molecule has 0 unspecified atom stereocenters. The fourth-order valence-electron chi connectivity index (χ4n) is 1.06. The Kier molecular flexibility index (Phi) is 2.95. The zero-order valence-corrected chi connectivity index (χ0v) is 7.59. The number of hydrogen-bond acceptors (Lipinski definition) is 2. The molecule has 0 heterocycles. The lowest BCUT2D eigenvalue weighted by molar-refractivity contribution is 0.411. The number of ether oxygens (including phenoxy) is 1. The van der Waals surface area contributed by atoms with E-state index in [0.717, 1.165) is 16.9 Å². The Bertz CT molecular complexity index is 404. The standard InChI is InChI=1S/C11H9NO/c1-9-8-10(4-3-7-12)5-6-11(9)13-2/h5-6,8H,1-2H3. The van der Waals surface area contributed by atoms with E-state index < -0.39 is 0 Å². The van der Waals surface area contributed by atoms with Crippen LogP contribution in [0.25, 0.3) is 0 Å². The van der Waals surface area contributed by atoms with Crippen molar-refractivity contribution < 1.29 is 4.74 Å². The van der Waals surface area contributed by atoms with Crippen molar-refractivity contribution in [1.82, 2.24) is 0 Å². The Morgan fingerprint density at radius 3 is 2.69 bits per heavy atom. The SMILES string of the molecule is COc1ccc(C#CC#N)cc1C. The van der Waals surface area contributed by atoms with Crippen LogP contribution in [-0.2, 0) is 0 Å².